The second kappa shape index (κ2) is 8.08. The molecule has 0 aromatic heterocycles. The SMILES string of the molecule is COCCOCCN[C@@H](C)C1CCCC1. The summed E-state index contributed by atoms with van der Waals surface area (Å²) < 4.78 is 10.3. The van der Waals surface area contributed by atoms with Crippen molar-refractivity contribution in [2.75, 3.05) is 33.5 Å². The Morgan fingerprint density at radius 2 is 1.93 bits per heavy atom. The summed E-state index contributed by atoms with van der Waals surface area (Å²) in [7, 11) is 1.70. The Morgan fingerprint density at radius 1 is 1.20 bits per heavy atom. The van der Waals surface area contributed by atoms with Gasteiger partial charge in [-0.3, -0.25) is 0 Å². The minimum absolute atomic E-state index is 0.651. The highest BCUT2D eigenvalue weighted by molar-refractivity contribution is 4.76. The third kappa shape index (κ3) is 5.50. The van der Waals surface area contributed by atoms with Crippen LogP contribution < -0.4 is 5.32 Å². The number of hydrogen-bond acceptors (Lipinski definition) is 3. The first-order valence-corrected chi connectivity index (χ1v) is 6.14. The van der Waals surface area contributed by atoms with E-state index in [1.54, 1.807) is 7.11 Å². The number of nitrogens with one attached hydrogen (secondary N) is 1. The van der Waals surface area contributed by atoms with Crippen LogP contribution in [0.4, 0.5) is 0 Å². The zero-order valence-corrected chi connectivity index (χ0v) is 10.1. The lowest BCUT2D eigenvalue weighted by Gasteiger charge is -2.20. The molecule has 1 rings (SSSR count). The first kappa shape index (κ1) is 12.9. The monoisotopic (exact) mass is 215 g/mol. The summed E-state index contributed by atoms with van der Waals surface area (Å²) >= 11 is 0. The molecule has 1 atom stereocenters. The average molecular weight is 215 g/mol. The maximum Gasteiger partial charge on any atom is 0.0700 e. The van der Waals surface area contributed by atoms with Crippen molar-refractivity contribution in [2.24, 2.45) is 5.92 Å². The Kier molecular flexibility index (Phi) is 6.98. The first-order chi connectivity index (χ1) is 7.34. The van der Waals surface area contributed by atoms with Gasteiger partial charge in [0.2, 0.25) is 0 Å². The van der Waals surface area contributed by atoms with Crippen LogP contribution in [0.2, 0.25) is 0 Å². The molecule has 1 N–H and O–H groups in total. The van der Waals surface area contributed by atoms with E-state index in [9.17, 15) is 0 Å². The Labute approximate surface area is 93.5 Å². The van der Waals surface area contributed by atoms with Crippen LogP contribution in [0.3, 0.4) is 0 Å². The third-order valence-corrected chi connectivity index (χ3v) is 3.25. The van der Waals surface area contributed by atoms with Gasteiger partial charge in [0.05, 0.1) is 19.8 Å². The van der Waals surface area contributed by atoms with Gasteiger partial charge in [0.25, 0.3) is 0 Å². The molecule has 1 aliphatic rings. The molecule has 0 spiro atoms. The molecule has 0 aromatic rings. The Morgan fingerprint density at radius 3 is 2.60 bits per heavy atom. The molecule has 0 bridgehead atoms. The van der Waals surface area contributed by atoms with E-state index in [0.717, 1.165) is 19.1 Å². The van der Waals surface area contributed by atoms with Gasteiger partial charge in [-0.1, -0.05) is 12.8 Å². The predicted molar refractivity (Wildman–Crippen MR) is 62.1 cm³/mol. The molecule has 0 heterocycles. The molecule has 0 radical (unpaired) electrons. The van der Waals surface area contributed by atoms with Crippen LogP contribution in [0.15, 0.2) is 0 Å². The van der Waals surface area contributed by atoms with Crippen LogP contribution in [-0.2, 0) is 9.47 Å². The molecule has 1 aliphatic carbocycles. The van der Waals surface area contributed by atoms with Crippen molar-refractivity contribution in [3.8, 4) is 0 Å². The lowest BCUT2D eigenvalue weighted by atomic mass is 10.00. The summed E-state index contributed by atoms with van der Waals surface area (Å²) in [6, 6.07) is 0.651. The summed E-state index contributed by atoms with van der Waals surface area (Å²) in [5, 5.41) is 3.54. The molecule has 0 aliphatic heterocycles. The van der Waals surface area contributed by atoms with E-state index in [1.807, 2.05) is 0 Å². The molecule has 3 nitrogen and oxygen atoms in total. The topological polar surface area (TPSA) is 30.5 Å². The second-order valence-electron chi connectivity index (χ2n) is 4.39. The van der Waals surface area contributed by atoms with Crippen LogP contribution >= 0.6 is 0 Å². The fourth-order valence-electron chi connectivity index (χ4n) is 2.23. The maximum absolute atomic E-state index is 5.40. The van der Waals surface area contributed by atoms with Gasteiger partial charge in [-0.15, -0.1) is 0 Å². The molecule has 90 valence electrons. The quantitative estimate of drug-likeness (QED) is 0.626. The fraction of sp³-hybridized carbons (Fsp3) is 1.00. The standard InChI is InChI=1S/C12H25NO2/c1-11(12-5-3-4-6-12)13-7-8-15-10-9-14-2/h11-13H,3-10H2,1-2H3/t11-/m0/s1. The molecule has 0 unspecified atom stereocenters. The smallest absolute Gasteiger partial charge is 0.0700 e. The van der Waals surface area contributed by atoms with Gasteiger partial charge in [0, 0.05) is 19.7 Å². The van der Waals surface area contributed by atoms with E-state index in [4.69, 9.17) is 9.47 Å². The van der Waals surface area contributed by atoms with Crippen molar-refractivity contribution in [1.29, 1.82) is 0 Å². The van der Waals surface area contributed by atoms with Crippen molar-refractivity contribution in [3.63, 3.8) is 0 Å². The summed E-state index contributed by atoms with van der Waals surface area (Å²) in [5.74, 6) is 0.893. The maximum atomic E-state index is 5.40. The normalized spacial score (nSPS) is 19.6. The summed E-state index contributed by atoms with van der Waals surface area (Å²) in [6.07, 6.45) is 5.64. The highest BCUT2D eigenvalue weighted by atomic mass is 16.5. The lowest BCUT2D eigenvalue weighted by molar-refractivity contribution is 0.0705. The van der Waals surface area contributed by atoms with Crippen molar-refractivity contribution < 1.29 is 9.47 Å². The molecular formula is C12H25NO2. The number of ether oxygens (including phenoxy) is 2. The van der Waals surface area contributed by atoms with Gasteiger partial charge in [-0.25, -0.2) is 0 Å². The minimum Gasteiger partial charge on any atom is -0.382 e. The van der Waals surface area contributed by atoms with Crippen LogP contribution in [-0.4, -0.2) is 39.5 Å². The second-order valence-corrected chi connectivity index (χ2v) is 4.39. The summed E-state index contributed by atoms with van der Waals surface area (Å²) in [4.78, 5) is 0. The first-order valence-electron chi connectivity index (χ1n) is 6.14. The average Bonchev–Trinajstić information content (AvgIpc) is 2.76. The minimum atomic E-state index is 0.651. The highest BCUT2D eigenvalue weighted by Gasteiger charge is 2.20. The molecular weight excluding hydrogens is 190 g/mol. The molecule has 15 heavy (non-hydrogen) atoms. The molecule has 3 heteroatoms. The Hall–Kier alpha value is -0.120. The van der Waals surface area contributed by atoms with Gasteiger partial charge < -0.3 is 14.8 Å². The van der Waals surface area contributed by atoms with E-state index < -0.39 is 0 Å². The zero-order chi connectivity index (χ0) is 10.9. The van der Waals surface area contributed by atoms with Crippen molar-refractivity contribution in [1.82, 2.24) is 5.32 Å². The van der Waals surface area contributed by atoms with E-state index in [-0.39, 0.29) is 0 Å². The van der Waals surface area contributed by atoms with Crippen LogP contribution in [0.1, 0.15) is 32.6 Å². The van der Waals surface area contributed by atoms with Crippen LogP contribution in [0.25, 0.3) is 0 Å². The van der Waals surface area contributed by atoms with Crippen molar-refractivity contribution in [3.05, 3.63) is 0 Å². The van der Waals surface area contributed by atoms with E-state index in [0.29, 0.717) is 19.3 Å². The predicted octanol–water partition coefficient (Wildman–Crippen LogP) is 1.82. The zero-order valence-electron chi connectivity index (χ0n) is 10.1. The van der Waals surface area contributed by atoms with E-state index >= 15 is 0 Å². The van der Waals surface area contributed by atoms with Crippen LogP contribution in [0, 0.1) is 5.92 Å². The van der Waals surface area contributed by atoms with Gasteiger partial charge in [0.15, 0.2) is 0 Å². The van der Waals surface area contributed by atoms with E-state index in [1.165, 1.54) is 25.7 Å². The van der Waals surface area contributed by atoms with E-state index in [2.05, 4.69) is 12.2 Å². The van der Waals surface area contributed by atoms with Crippen LogP contribution in [0.5, 0.6) is 0 Å². The summed E-state index contributed by atoms with van der Waals surface area (Å²) in [6.45, 7) is 5.45. The van der Waals surface area contributed by atoms with Gasteiger partial charge >= 0.3 is 0 Å². The molecule has 0 saturated heterocycles. The number of methoxy groups -OCH3 is 1. The van der Waals surface area contributed by atoms with Crippen molar-refractivity contribution in [2.45, 2.75) is 38.6 Å². The molecule has 0 amide bonds. The summed E-state index contributed by atoms with van der Waals surface area (Å²) in [5.41, 5.74) is 0. The number of rotatable bonds is 8. The fourth-order valence-corrected chi connectivity index (χ4v) is 2.23. The van der Waals surface area contributed by atoms with Crippen molar-refractivity contribution >= 4 is 0 Å². The largest absolute Gasteiger partial charge is 0.382 e. The Bertz CT molecular complexity index is 147. The molecule has 1 fully saturated rings. The Balaban J connectivity index is 1.90. The molecule has 0 aromatic carbocycles. The molecule has 1 saturated carbocycles. The van der Waals surface area contributed by atoms with Gasteiger partial charge in [0.1, 0.15) is 0 Å². The highest BCUT2D eigenvalue weighted by Crippen LogP contribution is 2.27. The number of hydrogen-bond donors (Lipinski definition) is 1. The van der Waals surface area contributed by atoms with Gasteiger partial charge in [-0.2, -0.15) is 0 Å². The lowest BCUT2D eigenvalue weighted by Crippen LogP contribution is -2.34. The third-order valence-electron chi connectivity index (χ3n) is 3.25. The van der Waals surface area contributed by atoms with Gasteiger partial charge in [-0.05, 0) is 25.7 Å².